The minimum Gasteiger partial charge on any atom is -0.465 e. The van der Waals surface area contributed by atoms with Crippen LogP contribution in [0.4, 0.5) is 0 Å². The second-order valence-electron chi connectivity index (χ2n) is 7.08. The fourth-order valence-electron chi connectivity index (χ4n) is 2.31. The van der Waals surface area contributed by atoms with Crippen LogP contribution in [0.1, 0.15) is 63.5 Å². The monoisotopic (exact) mass is 278 g/mol. The minimum absolute atomic E-state index is 0.134. The van der Waals surface area contributed by atoms with E-state index >= 15 is 0 Å². The SMILES string of the molecule is Cc1oc(CNC(C)(C)C)cc1CCCCNC1CC1. The zero-order chi connectivity index (χ0) is 14.6. The fraction of sp³-hybridized carbons (Fsp3) is 0.765. The highest BCUT2D eigenvalue weighted by Gasteiger charge is 2.19. The standard InChI is InChI=1S/C17H30N2O/c1-13-14(7-5-6-10-18-15-8-9-15)11-16(20-13)12-19-17(2,3)4/h11,15,18-19H,5-10,12H2,1-4H3. The van der Waals surface area contributed by atoms with Gasteiger partial charge in [0.05, 0.1) is 6.54 Å². The lowest BCUT2D eigenvalue weighted by Gasteiger charge is -2.19. The summed E-state index contributed by atoms with van der Waals surface area (Å²) in [6.45, 7) is 10.6. The Hall–Kier alpha value is -0.800. The van der Waals surface area contributed by atoms with E-state index in [4.69, 9.17) is 4.42 Å². The molecule has 114 valence electrons. The summed E-state index contributed by atoms with van der Waals surface area (Å²) in [5, 5.41) is 7.04. The summed E-state index contributed by atoms with van der Waals surface area (Å²) in [4.78, 5) is 0. The molecule has 0 atom stereocenters. The molecular formula is C17H30N2O. The number of nitrogens with one attached hydrogen (secondary N) is 2. The van der Waals surface area contributed by atoms with Crippen molar-refractivity contribution in [2.24, 2.45) is 0 Å². The van der Waals surface area contributed by atoms with E-state index < -0.39 is 0 Å². The molecule has 1 heterocycles. The summed E-state index contributed by atoms with van der Waals surface area (Å²) in [6.07, 6.45) is 6.40. The molecule has 3 nitrogen and oxygen atoms in total. The van der Waals surface area contributed by atoms with Crippen LogP contribution in [-0.2, 0) is 13.0 Å². The van der Waals surface area contributed by atoms with Crippen molar-refractivity contribution in [3.8, 4) is 0 Å². The molecule has 3 heteroatoms. The van der Waals surface area contributed by atoms with Crippen LogP contribution in [0.3, 0.4) is 0 Å². The summed E-state index contributed by atoms with van der Waals surface area (Å²) >= 11 is 0. The van der Waals surface area contributed by atoms with Gasteiger partial charge in [0.25, 0.3) is 0 Å². The topological polar surface area (TPSA) is 37.2 Å². The van der Waals surface area contributed by atoms with Gasteiger partial charge in [0.2, 0.25) is 0 Å². The van der Waals surface area contributed by atoms with Gasteiger partial charge >= 0.3 is 0 Å². The summed E-state index contributed by atoms with van der Waals surface area (Å²) in [6, 6.07) is 3.06. The van der Waals surface area contributed by atoms with Crippen LogP contribution >= 0.6 is 0 Å². The second-order valence-corrected chi connectivity index (χ2v) is 7.08. The highest BCUT2D eigenvalue weighted by molar-refractivity contribution is 5.21. The average Bonchev–Trinajstić information content (AvgIpc) is 3.10. The summed E-state index contributed by atoms with van der Waals surface area (Å²) < 4.78 is 5.84. The molecule has 1 aromatic heterocycles. The molecule has 0 aliphatic heterocycles. The van der Waals surface area contributed by atoms with Gasteiger partial charge in [-0.3, -0.25) is 0 Å². The first-order valence-corrected chi connectivity index (χ1v) is 8.00. The van der Waals surface area contributed by atoms with E-state index in [0.717, 1.165) is 30.5 Å². The van der Waals surface area contributed by atoms with E-state index in [2.05, 4.69) is 44.4 Å². The Bertz CT molecular complexity index is 413. The molecular weight excluding hydrogens is 248 g/mol. The van der Waals surface area contributed by atoms with Crippen molar-refractivity contribution in [3.05, 3.63) is 23.2 Å². The van der Waals surface area contributed by atoms with Crippen molar-refractivity contribution < 1.29 is 4.42 Å². The number of aryl methyl sites for hydroxylation is 2. The molecule has 0 saturated heterocycles. The smallest absolute Gasteiger partial charge is 0.118 e. The Morgan fingerprint density at radius 3 is 2.65 bits per heavy atom. The van der Waals surface area contributed by atoms with Gasteiger partial charge in [0.15, 0.2) is 0 Å². The highest BCUT2D eigenvalue weighted by atomic mass is 16.3. The number of rotatable bonds is 8. The van der Waals surface area contributed by atoms with Crippen molar-refractivity contribution in [2.75, 3.05) is 6.54 Å². The Labute approximate surface area is 123 Å². The van der Waals surface area contributed by atoms with Crippen LogP contribution in [-0.4, -0.2) is 18.1 Å². The Morgan fingerprint density at radius 1 is 1.25 bits per heavy atom. The van der Waals surface area contributed by atoms with Gasteiger partial charge in [0.1, 0.15) is 11.5 Å². The van der Waals surface area contributed by atoms with Crippen molar-refractivity contribution >= 4 is 0 Å². The van der Waals surface area contributed by atoms with E-state index in [1.54, 1.807) is 0 Å². The van der Waals surface area contributed by atoms with Gasteiger partial charge in [-0.15, -0.1) is 0 Å². The molecule has 0 radical (unpaired) electrons. The third-order valence-corrected chi connectivity index (χ3v) is 3.75. The zero-order valence-corrected chi connectivity index (χ0v) is 13.5. The van der Waals surface area contributed by atoms with Crippen LogP contribution in [0.5, 0.6) is 0 Å². The van der Waals surface area contributed by atoms with Crippen LogP contribution in [0.2, 0.25) is 0 Å². The van der Waals surface area contributed by atoms with Crippen LogP contribution in [0.15, 0.2) is 10.5 Å². The lowest BCUT2D eigenvalue weighted by Crippen LogP contribution is -2.34. The summed E-state index contributed by atoms with van der Waals surface area (Å²) in [5.74, 6) is 2.15. The van der Waals surface area contributed by atoms with Crippen molar-refractivity contribution in [2.45, 2.75) is 77.9 Å². The van der Waals surface area contributed by atoms with Gasteiger partial charge in [0, 0.05) is 11.6 Å². The molecule has 1 aliphatic rings. The Morgan fingerprint density at radius 2 is 2.00 bits per heavy atom. The van der Waals surface area contributed by atoms with Crippen LogP contribution < -0.4 is 10.6 Å². The third kappa shape index (κ3) is 5.68. The number of unbranched alkanes of at least 4 members (excludes halogenated alkanes) is 1. The molecule has 20 heavy (non-hydrogen) atoms. The van der Waals surface area contributed by atoms with E-state index in [1.807, 2.05) is 0 Å². The first-order valence-electron chi connectivity index (χ1n) is 8.00. The van der Waals surface area contributed by atoms with Gasteiger partial charge in [-0.1, -0.05) is 0 Å². The maximum absolute atomic E-state index is 5.84. The van der Waals surface area contributed by atoms with E-state index in [-0.39, 0.29) is 5.54 Å². The van der Waals surface area contributed by atoms with Gasteiger partial charge in [-0.25, -0.2) is 0 Å². The van der Waals surface area contributed by atoms with E-state index in [9.17, 15) is 0 Å². The molecule has 0 unspecified atom stereocenters. The molecule has 0 spiro atoms. The van der Waals surface area contributed by atoms with Crippen molar-refractivity contribution in [1.29, 1.82) is 0 Å². The normalized spacial score (nSPS) is 15.8. The molecule has 0 aromatic carbocycles. The average molecular weight is 278 g/mol. The predicted molar refractivity (Wildman–Crippen MR) is 84.0 cm³/mol. The fourth-order valence-corrected chi connectivity index (χ4v) is 2.31. The van der Waals surface area contributed by atoms with Gasteiger partial charge in [-0.05, 0) is 78.0 Å². The maximum atomic E-state index is 5.84. The summed E-state index contributed by atoms with van der Waals surface area (Å²) in [5.41, 5.74) is 1.51. The lowest BCUT2D eigenvalue weighted by molar-refractivity contribution is 0.382. The Balaban J connectivity index is 1.69. The van der Waals surface area contributed by atoms with Crippen LogP contribution in [0, 0.1) is 6.92 Å². The largest absolute Gasteiger partial charge is 0.465 e. The molecule has 1 aliphatic carbocycles. The molecule has 0 amide bonds. The minimum atomic E-state index is 0.134. The maximum Gasteiger partial charge on any atom is 0.118 e. The zero-order valence-electron chi connectivity index (χ0n) is 13.5. The third-order valence-electron chi connectivity index (χ3n) is 3.75. The van der Waals surface area contributed by atoms with Crippen LogP contribution in [0.25, 0.3) is 0 Å². The quantitative estimate of drug-likeness (QED) is 0.714. The van der Waals surface area contributed by atoms with E-state index in [1.165, 1.54) is 37.8 Å². The number of hydrogen-bond donors (Lipinski definition) is 2. The first-order chi connectivity index (χ1) is 9.44. The lowest BCUT2D eigenvalue weighted by atomic mass is 10.1. The second kappa shape index (κ2) is 6.77. The molecule has 2 rings (SSSR count). The number of hydrogen-bond acceptors (Lipinski definition) is 3. The molecule has 1 fully saturated rings. The predicted octanol–water partition coefficient (Wildman–Crippen LogP) is 3.55. The molecule has 1 saturated carbocycles. The van der Waals surface area contributed by atoms with Crippen molar-refractivity contribution in [3.63, 3.8) is 0 Å². The Kier molecular flexibility index (Phi) is 5.28. The van der Waals surface area contributed by atoms with Gasteiger partial charge in [-0.2, -0.15) is 0 Å². The number of furan rings is 1. The molecule has 2 N–H and O–H groups in total. The van der Waals surface area contributed by atoms with Crippen molar-refractivity contribution in [1.82, 2.24) is 10.6 Å². The van der Waals surface area contributed by atoms with E-state index in [0.29, 0.717) is 0 Å². The first kappa shape index (κ1) is 15.6. The highest BCUT2D eigenvalue weighted by Crippen LogP contribution is 2.19. The molecule has 1 aromatic rings. The van der Waals surface area contributed by atoms with Gasteiger partial charge < -0.3 is 15.1 Å². The summed E-state index contributed by atoms with van der Waals surface area (Å²) in [7, 11) is 0. The molecule has 0 bridgehead atoms.